The lowest BCUT2D eigenvalue weighted by Crippen LogP contribution is -2.47. The SMILES string of the molecule is CC.CC1[C@@H](C)CC(C(=O)O)N1C(=O)CNC=O.CCCCCc1ccccc1. The van der Waals surface area contributed by atoms with Crippen molar-refractivity contribution in [3.05, 3.63) is 35.9 Å². The summed E-state index contributed by atoms with van der Waals surface area (Å²) in [4.78, 5) is 34.2. The maximum Gasteiger partial charge on any atom is 0.326 e. The number of nitrogens with zero attached hydrogens (tertiary/aromatic N) is 1. The predicted molar refractivity (Wildman–Crippen MR) is 117 cm³/mol. The average molecular weight is 407 g/mol. The van der Waals surface area contributed by atoms with Gasteiger partial charge in [0.05, 0.1) is 6.54 Å². The van der Waals surface area contributed by atoms with Crippen molar-refractivity contribution in [2.75, 3.05) is 6.54 Å². The van der Waals surface area contributed by atoms with Gasteiger partial charge in [-0.05, 0) is 37.7 Å². The smallest absolute Gasteiger partial charge is 0.326 e. The lowest BCUT2D eigenvalue weighted by atomic mass is 10.0. The maximum absolute atomic E-state index is 11.7. The zero-order valence-corrected chi connectivity index (χ0v) is 18.6. The molecule has 0 spiro atoms. The number of likely N-dealkylation sites (tertiary alicyclic amines) is 1. The predicted octanol–water partition coefficient (Wildman–Crippen LogP) is 3.89. The molecule has 0 aromatic heterocycles. The fourth-order valence-electron chi connectivity index (χ4n) is 3.29. The van der Waals surface area contributed by atoms with Crippen LogP contribution in [0, 0.1) is 5.92 Å². The second kappa shape index (κ2) is 15.5. The number of unbranched alkanes of at least 4 members (excludes halogenated alkanes) is 2. The van der Waals surface area contributed by atoms with E-state index in [2.05, 4.69) is 42.6 Å². The van der Waals surface area contributed by atoms with E-state index >= 15 is 0 Å². The van der Waals surface area contributed by atoms with Gasteiger partial charge in [-0.1, -0.05) is 70.9 Å². The van der Waals surface area contributed by atoms with Gasteiger partial charge in [0.1, 0.15) is 6.04 Å². The number of benzene rings is 1. The zero-order valence-electron chi connectivity index (χ0n) is 18.6. The van der Waals surface area contributed by atoms with Crippen LogP contribution in [0.5, 0.6) is 0 Å². The van der Waals surface area contributed by atoms with E-state index in [4.69, 9.17) is 5.11 Å². The third-order valence-electron chi connectivity index (χ3n) is 5.01. The van der Waals surface area contributed by atoms with Crippen LogP contribution in [0.1, 0.15) is 65.9 Å². The number of hydrogen-bond acceptors (Lipinski definition) is 3. The van der Waals surface area contributed by atoms with Crippen LogP contribution in [-0.4, -0.2) is 46.9 Å². The average Bonchev–Trinajstić information content (AvgIpc) is 3.04. The standard InChI is InChI=1S/C11H16.C10H16N2O4.C2H6/c1-2-3-5-8-11-9-6-4-7-10-11;1-6-3-8(10(15)16)12(7(6)2)9(14)4-11-5-13;1-2/h4,6-7,9-10H,2-3,5,8H2,1H3;5-8H,3-4H2,1-2H3,(H,11,13)(H,15,16);1-2H3/t;6-,7?,8?;/m.0./s1. The molecular weight excluding hydrogens is 368 g/mol. The molecule has 1 fully saturated rings. The van der Waals surface area contributed by atoms with E-state index in [-0.39, 0.29) is 24.4 Å². The van der Waals surface area contributed by atoms with Crippen molar-refractivity contribution in [2.24, 2.45) is 5.92 Å². The molecule has 1 aromatic rings. The Bertz CT molecular complexity index is 592. The summed E-state index contributed by atoms with van der Waals surface area (Å²) in [5, 5.41) is 11.3. The monoisotopic (exact) mass is 406 g/mol. The maximum atomic E-state index is 11.7. The molecule has 1 heterocycles. The van der Waals surface area contributed by atoms with Gasteiger partial charge < -0.3 is 15.3 Å². The first-order valence-corrected chi connectivity index (χ1v) is 10.7. The van der Waals surface area contributed by atoms with Crippen LogP contribution >= 0.6 is 0 Å². The highest BCUT2D eigenvalue weighted by atomic mass is 16.4. The van der Waals surface area contributed by atoms with Crippen LogP contribution in [-0.2, 0) is 20.8 Å². The summed E-state index contributed by atoms with van der Waals surface area (Å²) in [6.45, 7) is 9.84. The number of rotatable bonds is 8. The number of aliphatic carboxylic acids is 1. The molecule has 164 valence electrons. The van der Waals surface area contributed by atoms with E-state index in [1.165, 1.54) is 36.1 Å². The summed E-state index contributed by atoms with van der Waals surface area (Å²) < 4.78 is 0. The Morgan fingerprint density at radius 3 is 2.31 bits per heavy atom. The Balaban J connectivity index is 0.000000526. The van der Waals surface area contributed by atoms with Crippen molar-refractivity contribution >= 4 is 18.3 Å². The minimum atomic E-state index is -0.990. The third-order valence-corrected chi connectivity index (χ3v) is 5.01. The van der Waals surface area contributed by atoms with E-state index in [9.17, 15) is 14.4 Å². The molecular formula is C23H38N2O4. The fraction of sp³-hybridized carbons (Fsp3) is 0.609. The molecule has 2 rings (SSSR count). The van der Waals surface area contributed by atoms with Gasteiger partial charge in [-0.15, -0.1) is 0 Å². The number of amides is 2. The minimum absolute atomic E-state index is 0.109. The number of hydrogen-bond donors (Lipinski definition) is 2. The summed E-state index contributed by atoms with van der Waals surface area (Å²) in [6.07, 6.45) is 6.14. The Kier molecular flexibility index (Phi) is 14.3. The van der Waals surface area contributed by atoms with E-state index in [1.54, 1.807) is 0 Å². The number of nitrogens with one attached hydrogen (secondary N) is 1. The molecule has 2 N–H and O–H groups in total. The molecule has 2 amide bonds. The van der Waals surface area contributed by atoms with Crippen LogP contribution < -0.4 is 5.32 Å². The van der Waals surface area contributed by atoms with Crippen molar-refractivity contribution in [3.8, 4) is 0 Å². The molecule has 1 aromatic carbocycles. The number of carbonyl (C=O) groups excluding carboxylic acids is 2. The van der Waals surface area contributed by atoms with Gasteiger partial charge in [0.2, 0.25) is 12.3 Å². The van der Waals surface area contributed by atoms with Crippen LogP contribution in [0.15, 0.2) is 30.3 Å². The summed E-state index contributed by atoms with van der Waals surface area (Å²) in [5.74, 6) is -1.19. The second-order valence-corrected chi connectivity index (χ2v) is 7.05. The lowest BCUT2D eigenvalue weighted by molar-refractivity contribution is -0.149. The molecule has 1 saturated heterocycles. The molecule has 6 heteroatoms. The van der Waals surface area contributed by atoms with Crippen LogP contribution in [0.2, 0.25) is 0 Å². The van der Waals surface area contributed by atoms with Crippen molar-refractivity contribution in [1.29, 1.82) is 0 Å². The molecule has 1 aliphatic heterocycles. The highest BCUT2D eigenvalue weighted by Gasteiger charge is 2.42. The Hall–Kier alpha value is -2.37. The summed E-state index contributed by atoms with van der Waals surface area (Å²) in [5.41, 5.74) is 1.47. The van der Waals surface area contributed by atoms with Crippen LogP contribution in [0.4, 0.5) is 0 Å². The summed E-state index contributed by atoms with van der Waals surface area (Å²) in [6, 6.07) is 9.82. The number of aryl methyl sites for hydroxylation is 1. The zero-order chi connectivity index (χ0) is 22.2. The molecule has 6 nitrogen and oxygen atoms in total. The van der Waals surface area contributed by atoms with Gasteiger partial charge in [0, 0.05) is 6.04 Å². The van der Waals surface area contributed by atoms with Crippen molar-refractivity contribution < 1.29 is 19.5 Å². The molecule has 0 radical (unpaired) electrons. The Labute approximate surface area is 175 Å². The molecule has 2 unspecified atom stereocenters. The minimum Gasteiger partial charge on any atom is -0.480 e. The molecule has 0 saturated carbocycles. The molecule has 0 bridgehead atoms. The van der Waals surface area contributed by atoms with Gasteiger partial charge in [-0.3, -0.25) is 9.59 Å². The van der Waals surface area contributed by atoms with Gasteiger partial charge in [-0.25, -0.2) is 4.79 Å². The van der Waals surface area contributed by atoms with Crippen molar-refractivity contribution in [1.82, 2.24) is 10.2 Å². The normalized spacial score (nSPS) is 19.9. The molecule has 29 heavy (non-hydrogen) atoms. The van der Waals surface area contributed by atoms with Crippen molar-refractivity contribution in [3.63, 3.8) is 0 Å². The summed E-state index contributed by atoms with van der Waals surface area (Å²) in [7, 11) is 0. The number of carbonyl (C=O) groups is 3. The van der Waals surface area contributed by atoms with Gasteiger partial charge in [-0.2, -0.15) is 0 Å². The van der Waals surface area contributed by atoms with Gasteiger partial charge >= 0.3 is 5.97 Å². The first-order valence-electron chi connectivity index (χ1n) is 10.7. The lowest BCUT2D eigenvalue weighted by Gasteiger charge is -2.26. The Morgan fingerprint density at radius 1 is 1.17 bits per heavy atom. The van der Waals surface area contributed by atoms with Crippen molar-refractivity contribution in [2.45, 2.75) is 78.8 Å². The topological polar surface area (TPSA) is 86.7 Å². The van der Waals surface area contributed by atoms with E-state index in [0.29, 0.717) is 12.8 Å². The quantitative estimate of drug-likeness (QED) is 0.506. The fourth-order valence-corrected chi connectivity index (χ4v) is 3.29. The summed E-state index contributed by atoms with van der Waals surface area (Å²) >= 11 is 0. The largest absolute Gasteiger partial charge is 0.480 e. The van der Waals surface area contributed by atoms with E-state index in [0.717, 1.165) is 0 Å². The first-order chi connectivity index (χ1) is 13.9. The van der Waals surface area contributed by atoms with Gasteiger partial charge in [0.25, 0.3) is 0 Å². The molecule has 3 atom stereocenters. The van der Waals surface area contributed by atoms with Gasteiger partial charge in [0.15, 0.2) is 0 Å². The number of carboxylic acids is 1. The highest BCUT2D eigenvalue weighted by molar-refractivity contribution is 5.86. The third kappa shape index (κ3) is 9.59. The second-order valence-electron chi connectivity index (χ2n) is 7.05. The molecule has 1 aliphatic rings. The van der Waals surface area contributed by atoms with E-state index in [1.807, 2.05) is 27.7 Å². The van der Waals surface area contributed by atoms with Crippen LogP contribution in [0.25, 0.3) is 0 Å². The highest BCUT2D eigenvalue weighted by Crippen LogP contribution is 2.29. The van der Waals surface area contributed by atoms with Crippen LogP contribution in [0.3, 0.4) is 0 Å². The first kappa shape index (κ1) is 26.6. The van der Waals surface area contributed by atoms with E-state index < -0.39 is 12.0 Å². The molecule has 0 aliphatic carbocycles. The Morgan fingerprint density at radius 2 is 1.79 bits per heavy atom. The number of carboxylic acid groups (broad SMARTS) is 1.